The number of hydrogen-bond donors (Lipinski definition) is 1. The summed E-state index contributed by atoms with van der Waals surface area (Å²) in [5.41, 5.74) is -2.48. The number of rotatable bonds is 7. The van der Waals surface area contributed by atoms with Gasteiger partial charge in [0, 0.05) is 18.3 Å². The second kappa shape index (κ2) is 10.6. The number of oxazole rings is 1. The number of H-pyrrole nitrogens is 1. The lowest BCUT2D eigenvalue weighted by Gasteiger charge is -2.26. The Hall–Kier alpha value is -3.46. The summed E-state index contributed by atoms with van der Waals surface area (Å²) >= 11 is 11.8. The molecule has 1 N–H and O–H groups in total. The second-order valence-corrected chi connectivity index (χ2v) is 10.7. The van der Waals surface area contributed by atoms with Crippen LogP contribution in [0.2, 0.25) is 5.02 Å². The second-order valence-electron chi connectivity index (χ2n) is 7.96. The minimum atomic E-state index is -4.92. The summed E-state index contributed by atoms with van der Waals surface area (Å²) in [7, 11) is -3.83. The van der Waals surface area contributed by atoms with E-state index in [1.54, 1.807) is 0 Å². The first kappa shape index (κ1) is 28.5. The number of benzene rings is 1. The molecule has 39 heavy (non-hydrogen) atoms. The van der Waals surface area contributed by atoms with Gasteiger partial charge in [0.25, 0.3) is 10.0 Å². The van der Waals surface area contributed by atoms with E-state index in [-0.39, 0.29) is 15.6 Å². The van der Waals surface area contributed by atoms with E-state index in [2.05, 4.69) is 9.97 Å². The molecule has 4 rings (SSSR count). The zero-order valence-electron chi connectivity index (χ0n) is 19.4. The van der Waals surface area contributed by atoms with Crippen molar-refractivity contribution in [3.05, 3.63) is 91.3 Å². The van der Waals surface area contributed by atoms with Crippen molar-refractivity contribution in [2.24, 2.45) is 5.92 Å². The number of nitrogens with one attached hydrogen (secondary N) is 1. The van der Waals surface area contributed by atoms with Crippen molar-refractivity contribution in [2.75, 3.05) is 18.1 Å². The van der Waals surface area contributed by atoms with Crippen molar-refractivity contribution in [1.82, 2.24) is 9.97 Å². The molecule has 0 bridgehead atoms. The highest BCUT2D eigenvalue weighted by Crippen LogP contribution is 2.37. The third kappa shape index (κ3) is 5.64. The fourth-order valence-electron chi connectivity index (χ4n) is 3.66. The summed E-state index contributed by atoms with van der Waals surface area (Å²) in [5, 5.41) is -0.540. The Morgan fingerprint density at radius 1 is 1.23 bits per heavy atom. The molecule has 0 saturated carbocycles. The number of nitrogens with zero attached hydrogens (tertiary/aromatic N) is 2. The molecule has 0 aliphatic heterocycles. The Morgan fingerprint density at radius 2 is 1.95 bits per heavy atom. The Bertz CT molecular complexity index is 1730. The maximum absolute atomic E-state index is 14.8. The van der Waals surface area contributed by atoms with Gasteiger partial charge in [-0.2, -0.15) is 13.2 Å². The quantitative estimate of drug-likeness (QED) is 0.227. The number of anilines is 1. The predicted octanol–water partition coefficient (Wildman–Crippen LogP) is 5.03. The number of aromatic nitrogens is 2. The van der Waals surface area contributed by atoms with E-state index >= 15 is 0 Å². The van der Waals surface area contributed by atoms with Crippen molar-refractivity contribution >= 4 is 55.8 Å². The van der Waals surface area contributed by atoms with Gasteiger partial charge < -0.3 is 9.15 Å². The van der Waals surface area contributed by atoms with Gasteiger partial charge in [0.2, 0.25) is 5.78 Å². The van der Waals surface area contributed by atoms with E-state index in [1.165, 1.54) is 0 Å². The molecule has 1 aliphatic rings. The Kier molecular flexibility index (Phi) is 7.76. The molecular weight excluding hydrogens is 593 g/mol. The zero-order valence-corrected chi connectivity index (χ0v) is 21.8. The van der Waals surface area contributed by atoms with Crippen LogP contribution < -0.4 is 10.1 Å². The molecule has 1 aliphatic carbocycles. The number of hydrogen-bond acceptors (Lipinski definition) is 7. The molecule has 3 aromatic rings. The van der Waals surface area contributed by atoms with Crippen LogP contribution in [-0.2, 0) is 14.8 Å². The van der Waals surface area contributed by atoms with E-state index in [9.17, 15) is 35.6 Å². The third-order valence-electron chi connectivity index (χ3n) is 5.39. The Balaban J connectivity index is 1.91. The summed E-state index contributed by atoms with van der Waals surface area (Å²) in [4.78, 5) is 30.5. The lowest BCUT2D eigenvalue weighted by Crippen LogP contribution is -2.35. The highest BCUT2D eigenvalue weighted by atomic mass is 35.5. The normalized spacial score (nSPS) is 16.1. The molecule has 0 amide bonds. The largest absolute Gasteiger partial charge is 0.417 e. The number of methoxy groups -OCH3 is 1. The van der Waals surface area contributed by atoms with Gasteiger partial charge in [-0.15, -0.1) is 0 Å². The summed E-state index contributed by atoms with van der Waals surface area (Å²) in [6.07, 6.45) is -1.07. The molecule has 2 aromatic heterocycles. The highest BCUT2D eigenvalue weighted by molar-refractivity contribution is 7.96. The minimum Gasteiger partial charge on any atom is -0.407 e. The van der Waals surface area contributed by atoms with Gasteiger partial charge in [0.1, 0.15) is 23.8 Å². The summed E-state index contributed by atoms with van der Waals surface area (Å²) in [6, 6.07) is 3.00. The molecule has 1 aromatic carbocycles. The summed E-state index contributed by atoms with van der Waals surface area (Å²) in [5.74, 6) is -5.69. The molecule has 1 atom stereocenters. The first-order valence-corrected chi connectivity index (χ1v) is 12.8. The molecule has 0 fully saturated rings. The minimum absolute atomic E-state index is 0.0297. The van der Waals surface area contributed by atoms with Gasteiger partial charge in [-0.05, 0) is 42.5 Å². The van der Waals surface area contributed by atoms with Crippen LogP contribution in [0.15, 0.2) is 67.8 Å². The average molecular weight is 608 g/mol. The van der Waals surface area contributed by atoms with Crippen molar-refractivity contribution in [1.29, 1.82) is 0 Å². The van der Waals surface area contributed by atoms with Crippen LogP contribution in [0, 0.1) is 11.7 Å². The molecule has 9 nitrogen and oxygen atoms in total. The van der Waals surface area contributed by atoms with Crippen LogP contribution in [0.3, 0.4) is 0 Å². The van der Waals surface area contributed by atoms with Gasteiger partial charge in [0.15, 0.2) is 5.58 Å². The number of sulfonamides is 1. The number of pyridine rings is 1. The maximum atomic E-state index is 14.8. The smallest absolute Gasteiger partial charge is 0.407 e. The molecule has 0 saturated heterocycles. The van der Waals surface area contributed by atoms with Crippen LogP contribution in [0.1, 0.15) is 16.1 Å². The van der Waals surface area contributed by atoms with Crippen molar-refractivity contribution in [3.63, 3.8) is 0 Å². The van der Waals surface area contributed by atoms with Gasteiger partial charge in [-0.1, -0.05) is 23.2 Å². The summed E-state index contributed by atoms with van der Waals surface area (Å²) in [6.45, 7) is -0.820. The molecular formula is C23H15Cl2F4N3O6S. The van der Waals surface area contributed by atoms with E-state index in [0.29, 0.717) is 16.5 Å². The number of allylic oxidation sites excluding steroid dienone is 5. The molecule has 206 valence electrons. The first-order chi connectivity index (χ1) is 18.2. The number of alkyl halides is 3. The van der Waals surface area contributed by atoms with Crippen molar-refractivity contribution < 1.29 is 39.9 Å². The van der Waals surface area contributed by atoms with Crippen LogP contribution in [0.25, 0.3) is 11.1 Å². The van der Waals surface area contributed by atoms with Crippen LogP contribution in [0.5, 0.6) is 0 Å². The third-order valence-corrected chi connectivity index (χ3v) is 7.59. The maximum Gasteiger partial charge on any atom is 0.417 e. The lowest BCUT2D eigenvalue weighted by molar-refractivity contribution is -0.148. The number of ether oxygens (including phenoxy) is 1. The van der Waals surface area contributed by atoms with Crippen LogP contribution in [-0.4, -0.2) is 44.2 Å². The van der Waals surface area contributed by atoms with Crippen LogP contribution in [0.4, 0.5) is 23.2 Å². The van der Waals surface area contributed by atoms with Crippen LogP contribution >= 0.6 is 23.2 Å². The zero-order chi connectivity index (χ0) is 28.7. The molecule has 1 unspecified atom stereocenters. The van der Waals surface area contributed by atoms with Gasteiger partial charge in [-0.25, -0.2) is 26.9 Å². The SMILES string of the molecule is COCN(c1cc(Cl)cnc1C(=O)c1c(F)ccc2[nH]c(=O)oc12)S(=O)(=O)C1=CC(C(F)(F)F)C=C(Cl)C=C1. The number of halogens is 6. The standard InChI is InChI=1S/C23H15Cl2F4N3O6S/c1-37-10-32(39(35,36)14-3-2-12(24)6-11(7-14)23(27,28)29)17-8-13(25)9-30-19(17)20(33)18-15(26)4-5-16-21(18)38-22(34)31-16/h2-9,11H,10H2,1H3,(H,31,34). The number of fused-ring (bicyclic) bond motifs is 1. The van der Waals surface area contributed by atoms with Gasteiger partial charge >= 0.3 is 11.9 Å². The first-order valence-electron chi connectivity index (χ1n) is 10.6. The molecule has 0 spiro atoms. The molecule has 0 radical (unpaired) electrons. The van der Waals surface area contributed by atoms with Gasteiger partial charge in [0.05, 0.1) is 27.0 Å². The monoisotopic (exact) mass is 607 g/mol. The number of ketones is 1. The van der Waals surface area contributed by atoms with Crippen molar-refractivity contribution in [2.45, 2.75) is 6.18 Å². The topological polar surface area (TPSA) is 123 Å². The number of carbonyl (C=O) groups excluding carboxylic acids is 1. The van der Waals surface area contributed by atoms with Gasteiger partial charge in [-0.3, -0.25) is 9.78 Å². The fraction of sp³-hybridized carbons (Fsp3) is 0.174. The number of carbonyl (C=O) groups is 1. The Morgan fingerprint density at radius 3 is 2.62 bits per heavy atom. The van der Waals surface area contributed by atoms with E-state index in [1.807, 2.05) is 0 Å². The summed E-state index contributed by atoms with van der Waals surface area (Å²) < 4.78 is 93.2. The van der Waals surface area contributed by atoms with E-state index in [0.717, 1.165) is 43.7 Å². The predicted molar refractivity (Wildman–Crippen MR) is 133 cm³/mol. The van der Waals surface area contributed by atoms with E-state index in [4.69, 9.17) is 32.4 Å². The van der Waals surface area contributed by atoms with E-state index < -0.39 is 73.6 Å². The molecule has 2 heterocycles. The number of aromatic amines is 1. The highest BCUT2D eigenvalue weighted by Gasteiger charge is 2.40. The lowest BCUT2D eigenvalue weighted by atomic mass is 10.0. The fourth-order valence-corrected chi connectivity index (χ4v) is 5.46. The molecule has 16 heteroatoms. The van der Waals surface area contributed by atoms with Crippen molar-refractivity contribution in [3.8, 4) is 0 Å². The Labute approximate surface area is 227 Å². The average Bonchev–Trinajstić information content (AvgIpc) is 3.09.